The van der Waals surface area contributed by atoms with Gasteiger partial charge in [-0.3, -0.25) is 9.58 Å². The van der Waals surface area contributed by atoms with Gasteiger partial charge in [-0.15, -0.1) is 0 Å². The van der Waals surface area contributed by atoms with Gasteiger partial charge >= 0.3 is 6.03 Å². The van der Waals surface area contributed by atoms with E-state index in [4.69, 9.17) is 0 Å². The fourth-order valence-electron chi connectivity index (χ4n) is 3.55. The van der Waals surface area contributed by atoms with Crippen molar-refractivity contribution < 1.29 is 4.79 Å². The Balaban J connectivity index is 1.37. The number of piperidine rings is 1. The van der Waals surface area contributed by atoms with E-state index in [9.17, 15) is 4.79 Å². The highest BCUT2D eigenvalue weighted by molar-refractivity contribution is 5.74. The van der Waals surface area contributed by atoms with Crippen LogP contribution < -0.4 is 10.6 Å². The fourth-order valence-corrected chi connectivity index (χ4v) is 3.55. The lowest BCUT2D eigenvalue weighted by Crippen LogP contribution is -2.46. The summed E-state index contributed by atoms with van der Waals surface area (Å²) in [5.74, 6) is 0.514. The molecule has 0 bridgehead atoms. The summed E-state index contributed by atoms with van der Waals surface area (Å²) < 4.78 is 1.83. The van der Waals surface area contributed by atoms with Gasteiger partial charge in [-0.05, 0) is 43.9 Å². The number of hydrogen-bond donors (Lipinski definition) is 2. The van der Waals surface area contributed by atoms with Crippen LogP contribution >= 0.6 is 0 Å². The van der Waals surface area contributed by atoms with Crippen molar-refractivity contribution in [2.75, 3.05) is 19.6 Å². The van der Waals surface area contributed by atoms with Crippen LogP contribution in [-0.2, 0) is 13.1 Å². The lowest BCUT2D eigenvalue weighted by molar-refractivity contribution is 0.165. The maximum Gasteiger partial charge on any atom is 0.315 e. The number of amides is 2. The van der Waals surface area contributed by atoms with Crippen LogP contribution in [0.25, 0.3) is 0 Å². The number of nitrogens with one attached hydrogen (secondary N) is 2. The molecule has 1 aliphatic heterocycles. The van der Waals surface area contributed by atoms with E-state index in [0.717, 1.165) is 26.2 Å². The first-order valence-corrected chi connectivity index (χ1v) is 9.47. The molecule has 1 fully saturated rings. The fraction of sp³-hybridized carbons (Fsp3) is 0.500. The number of aromatic nitrogens is 2. The van der Waals surface area contributed by atoms with Crippen molar-refractivity contribution in [2.24, 2.45) is 5.92 Å². The van der Waals surface area contributed by atoms with Crippen molar-refractivity contribution in [3.8, 4) is 0 Å². The third-order valence-electron chi connectivity index (χ3n) is 4.80. The van der Waals surface area contributed by atoms with Gasteiger partial charge in [0.1, 0.15) is 0 Å². The van der Waals surface area contributed by atoms with E-state index in [1.165, 1.54) is 18.4 Å². The quantitative estimate of drug-likeness (QED) is 0.802. The largest absolute Gasteiger partial charge is 0.338 e. The van der Waals surface area contributed by atoms with E-state index < -0.39 is 0 Å². The molecule has 3 rings (SSSR count). The molecule has 2 N–H and O–H groups in total. The minimum atomic E-state index is -0.0927. The SMILES string of the molecule is C[C@H](Cn1cccn1)NC(=O)NC[C@@H]1CCCN(Cc2ccccc2)C1. The van der Waals surface area contributed by atoms with Crippen LogP contribution in [-0.4, -0.2) is 46.4 Å². The number of nitrogens with zero attached hydrogens (tertiary/aromatic N) is 3. The molecule has 26 heavy (non-hydrogen) atoms. The lowest BCUT2D eigenvalue weighted by Gasteiger charge is -2.33. The summed E-state index contributed by atoms with van der Waals surface area (Å²) in [5.41, 5.74) is 1.35. The van der Waals surface area contributed by atoms with E-state index in [1.54, 1.807) is 6.20 Å². The van der Waals surface area contributed by atoms with E-state index in [2.05, 4.69) is 51.0 Å². The van der Waals surface area contributed by atoms with E-state index >= 15 is 0 Å². The number of likely N-dealkylation sites (tertiary alicyclic amines) is 1. The molecule has 6 heteroatoms. The van der Waals surface area contributed by atoms with Crippen LogP contribution in [0.5, 0.6) is 0 Å². The predicted molar refractivity (Wildman–Crippen MR) is 103 cm³/mol. The minimum absolute atomic E-state index is 0.0378. The molecule has 2 atom stereocenters. The number of hydrogen-bond acceptors (Lipinski definition) is 3. The molecule has 2 aromatic rings. The first-order chi connectivity index (χ1) is 12.7. The molecule has 1 aromatic heterocycles. The smallest absolute Gasteiger partial charge is 0.315 e. The minimum Gasteiger partial charge on any atom is -0.338 e. The van der Waals surface area contributed by atoms with Gasteiger partial charge in [0.25, 0.3) is 0 Å². The van der Waals surface area contributed by atoms with E-state index in [1.807, 2.05) is 23.9 Å². The zero-order chi connectivity index (χ0) is 18.2. The second-order valence-corrected chi connectivity index (χ2v) is 7.21. The first-order valence-electron chi connectivity index (χ1n) is 9.47. The van der Waals surface area contributed by atoms with Gasteiger partial charge in [0.2, 0.25) is 0 Å². The molecule has 0 aliphatic carbocycles. The average Bonchev–Trinajstić information content (AvgIpc) is 3.14. The zero-order valence-electron chi connectivity index (χ0n) is 15.5. The summed E-state index contributed by atoms with van der Waals surface area (Å²) in [5, 5.41) is 10.2. The molecular weight excluding hydrogens is 326 g/mol. The van der Waals surface area contributed by atoms with E-state index in [-0.39, 0.29) is 12.1 Å². The number of urea groups is 1. The Labute approximate surface area is 155 Å². The Morgan fingerprint density at radius 2 is 2.15 bits per heavy atom. The number of carbonyl (C=O) groups is 1. The third kappa shape index (κ3) is 5.88. The Morgan fingerprint density at radius 3 is 2.92 bits per heavy atom. The summed E-state index contributed by atoms with van der Waals surface area (Å²) in [4.78, 5) is 14.6. The molecule has 6 nitrogen and oxygen atoms in total. The van der Waals surface area contributed by atoms with Crippen LogP contribution in [0.15, 0.2) is 48.8 Å². The van der Waals surface area contributed by atoms with Gasteiger partial charge < -0.3 is 10.6 Å². The highest BCUT2D eigenvalue weighted by atomic mass is 16.2. The van der Waals surface area contributed by atoms with Crippen LogP contribution in [0.3, 0.4) is 0 Å². The van der Waals surface area contributed by atoms with Crippen LogP contribution in [0, 0.1) is 5.92 Å². The van der Waals surface area contributed by atoms with Crippen molar-refractivity contribution in [3.05, 3.63) is 54.4 Å². The number of carbonyl (C=O) groups excluding carboxylic acids is 1. The summed E-state index contributed by atoms with van der Waals surface area (Å²) in [6, 6.07) is 12.4. The van der Waals surface area contributed by atoms with Crippen LogP contribution in [0.4, 0.5) is 4.79 Å². The molecule has 0 unspecified atom stereocenters. The molecule has 2 amide bonds. The van der Waals surface area contributed by atoms with Crippen molar-refractivity contribution in [1.82, 2.24) is 25.3 Å². The molecule has 2 heterocycles. The number of rotatable bonds is 7. The third-order valence-corrected chi connectivity index (χ3v) is 4.80. The van der Waals surface area contributed by atoms with Crippen LogP contribution in [0.1, 0.15) is 25.3 Å². The molecule has 0 saturated carbocycles. The van der Waals surface area contributed by atoms with Gasteiger partial charge in [0, 0.05) is 38.1 Å². The molecule has 1 aromatic carbocycles. The average molecular weight is 355 g/mol. The van der Waals surface area contributed by atoms with Crippen molar-refractivity contribution in [2.45, 2.75) is 38.9 Å². The van der Waals surface area contributed by atoms with Crippen molar-refractivity contribution in [3.63, 3.8) is 0 Å². The molecule has 0 spiro atoms. The van der Waals surface area contributed by atoms with Gasteiger partial charge in [-0.2, -0.15) is 5.10 Å². The summed E-state index contributed by atoms with van der Waals surface area (Å²) >= 11 is 0. The van der Waals surface area contributed by atoms with Crippen molar-refractivity contribution >= 4 is 6.03 Å². The van der Waals surface area contributed by atoms with Crippen molar-refractivity contribution in [1.29, 1.82) is 0 Å². The Kier molecular flexibility index (Phi) is 6.66. The molecule has 0 radical (unpaired) electrons. The maximum atomic E-state index is 12.1. The zero-order valence-corrected chi connectivity index (χ0v) is 15.5. The second-order valence-electron chi connectivity index (χ2n) is 7.21. The summed E-state index contributed by atoms with van der Waals surface area (Å²) in [6.45, 7) is 6.56. The Hall–Kier alpha value is -2.34. The van der Waals surface area contributed by atoms with Gasteiger partial charge in [-0.1, -0.05) is 30.3 Å². The van der Waals surface area contributed by atoms with Crippen LogP contribution in [0.2, 0.25) is 0 Å². The molecule has 1 saturated heterocycles. The maximum absolute atomic E-state index is 12.1. The highest BCUT2D eigenvalue weighted by Gasteiger charge is 2.20. The predicted octanol–water partition coefficient (Wildman–Crippen LogP) is 2.48. The monoisotopic (exact) mass is 355 g/mol. The Morgan fingerprint density at radius 1 is 1.31 bits per heavy atom. The molecular formula is C20H29N5O. The van der Waals surface area contributed by atoms with E-state index in [0.29, 0.717) is 12.5 Å². The summed E-state index contributed by atoms with van der Waals surface area (Å²) in [7, 11) is 0. The molecule has 1 aliphatic rings. The van der Waals surface area contributed by atoms with Gasteiger partial charge in [0.05, 0.1) is 6.54 Å². The normalized spacial score (nSPS) is 19.0. The lowest BCUT2D eigenvalue weighted by atomic mass is 9.97. The standard InChI is InChI=1S/C20H29N5O/c1-17(14-25-12-6-10-22-25)23-20(26)21-13-19-9-5-11-24(16-19)15-18-7-3-2-4-8-18/h2-4,6-8,10,12,17,19H,5,9,11,13-16H2,1H3,(H2,21,23,26)/t17-,19+/m1/s1. The molecule has 140 valence electrons. The van der Waals surface area contributed by atoms with Gasteiger partial charge in [-0.25, -0.2) is 4.79 Å². The first kappa shape index (κ1) is 18.5. The highest BCUT2D eigenvalue weighted by Crippen LogP contribution is 2.18. The Bertz CT molecular complexity index is 658. The number of benzene rings is 1. The van der Waals surface area contributed by atoms with Gasteiger partial charge in [0.15, 0.2) is 0 Å². The summed E-state index contributed by atoms with van der Waals surface area (Å²) in [6.07, 6.45) is 6.02. The topological polar surface area (TPSA) is 62.2 Å². The second kappa shape index (κ2) is 9.38.